The number of para-hydroxylation sites is 1. The van der Waals surface area contributed by atoms with Crippen molar-refractivity contribution in [2.24, 2.45) is 14.1 Å². The molecule has 10 heteroatoms. The Labute approximate surface area is 179 Å². The normalized spacial score (nSPS) is 14.9. The molecule has 0 N–H and O–H groups in total. The van der Waals surface area contributed by atoms with Crippen LogP contribution in [-0.2, 0) is 28.7 Å². The van der Waals surface area contributed by atoms with E-state index in [-0.39, 0.29) is 16.4 Å². The summed E-state index contributed by atoms with van der Waals surface area (Å²) in [6.45, 7) is 1.47. The van der Waals surface area contributed by atoms with Gasteiger partial charge in [-0.1, -0.05) is 12.1 Å². The fourth-order valence-corrected chi connectivity index (χ4v) is 5.16. The summed E-state index contributed by atoms with van der Waals surface area (Å²) in [5.74, 6) is -1.47. The van der Waals surface area contributed by atoms with E-state index in [2.05, 4.69) is 0 Å². The minimum absolute atomic E-state index is 0.000424. The van der Waals surface area contributed by atoms with Crippen LogP contribution in [0.4, 0.5) is 10.1 Å². The molecule has 8 nitrogen and oxygen atoms in total. The Morgan fingerprint density at radius 2 is 1.61 bits per heavy atom. The monoisotopic (exact) mass is 446 g/mol. The molecule has 1 aliphatic heterocycles. The van der Waals surface area contributed by atoms with Gasteiger partial charge in [0, 0.05) is 40.3 Å². The van der Waals surface area contributed by atoms with Crippen LogP contribution >= 0.6 is 0 Å². The number of rotatable bonds is 4. The van der Waals surface area contributed by atoms with Gasteiger partial charge in [-0.05, 0) is 30.3 Å². The van der Waals surface area contributed by atoms with Gasteiger partial charge in [0.15, 0.2) is 9.84 Å². The zero-order valence-corrected chi connectivity index (χ0v) is 18.1. The molecule has 1 saturated heterocycles. The van der Waals surface area contributed by atoms with Crippen LogP contribution < -0.4 is 10.6 Å². The number of hydrogen-bond acceptors (Lipinski definition) is 5. The Kier molecular flexibility index (Phi) is 5.34. The second kappa shape index (κ2) is 7.84. The zero-order chi connectivity index (χ0) is 22.3. The molecule has 4 rings (SSSR count). The number of halogens is 1. The van der Waals surface area contributed by atoms with Crippen molar-refractivity contribution in [3.8, 4) is 0 Å². The zero-order valence-electron chi connectivity index (χ0n) is 17.3. The Balaban J connectivity index is 1.47. The summed E-state index contributed by atoms with van der Waals surface area (Å²) in [4.78, 5) is 28.1. The van der Waals surface area contributed by atoms with Gasteiger partial charge in [-0.3, -0.25) is 13.9 Å². The van der Waals surface area contributed by atoms with E-state index in [1.807, 2.05) is 4.90 Å². The fourth-order valence-electron chi connectivity index (χ4n) is 3.92. The first-order valence-electron chi connectivity index (χ1n) is 9.84. The first-order valence-corrected chi connectivity index (χ1v) is 11.5. The van der Waals surface area contributed by atoms with Crippen LogP contribution in [-0.4, -0.2) is 60.3 Å². The first kappa shape index (κ1) is 21.1. The van der Waals surface area contributed by atoms with E-state index in [0.717, 1.165) is 0 Å². The molecule has 0 bridgehead atoms. The lowest BCUT2D eigenvalue weighted by molar-refractivity contribution is -0.128. The summed E-state index contributed by atoms with van der Waals surface area (Å²) in [6.07, 6.45) is 0. The minimum atomic E-state index is -3.88. The van der Waals surface area contributed by atoms with Gasteiger partial charge in [0.25, 0.3) is 0 Å². The molecule has 2 aromatic carbocycles. The topological polar surface area (TPSA) is 84.6 Å². The highest BCUT2D eigenvalue weighted by molar-refractivity contribution is 7.92. The molecule has 0 unspecified atom stereocenters. The lowest BCUT2D eigenvalue weighted by Gasteiger charge is -2.36. The van der Waals surface area contributed by atoms with Crippen LogP contribution in [0.5, 0.6) is 0 Å². The first-order chi connectivity index (χ1) is 14.7. The molecule has 1 aromatic heterocycles. The van der Waals surface area contributed by atoms with Gasteiger partial charge in [-0.15, -0.1) is 0 Å². The van der Waals surface area contributed by atoms with Gasteiger partial charge < -0.3 is 9.80 Å². The third-order valence-corrected chi connectivity index (χ3v) is 7.34. The van der Waals surface area contributed by atoms with Crippen molar-refractivity contribution >= 4 is 32.5 Å². The molecule has 0 spiro atoms. The lowest BCUT2D eigenvalue weighted by atomic mass is 10.2. The highest BCUT2D eigenvalue weighted by atomic mass is 32.2. The van der Waals surface area contributed by atoms with Crippen LogP contribution in [0.25, 0.3) is 11.0 Å². The summed E-state index contributed by atoms with van der Waals surface area (Å²) < 4.78 is 42.5. The predicted octanol–water partition coefficient (Wildman–Crippen LogP) is 1.14. The molecular formula is C21H23FN4O4S. The van der Waals surface area contributed by atoms with Crippen LogP contribution in [0.1, 0.15) is 0 Å². The lowest BCUT2D eigenvalue weighted by Crippen LogP contribution is -2.50. The second-order valence-corrected chi connectivity index (χ2v) is 9.62. The number of piperazine rings is 1. The number of hydrogen-bond donors (Lipinski definition) is 0. The average Bonchev–Trinajstić information content (AvgIpc) is 2.97. The van der Waals surface area contributed by atoms with Gasteiger partial charge >= 0.3 is 5.69 Å². The quantitative estimate of drug-likeness (QED) is 0.600. The van der Waals surface area contributed by atoms with Gasteiger partial charge in [-0.2, -0.15) is 0 Å². The van der Waals surface area contributed by atoms with Crippen molar-refractivity contribution in [2.45, 2.75) is 4.90 Å². The number of benzene rings is 2. The molecule has 0 aliphatic carbocycles. The molecular weight excluding hydrogens is 423 g/mol. The van der Waals surface area contributed by atoms with Crippen molar-refractivity contribution in [3.63, 3.8) is 0 Å². The second-order valence-electron chi connectivity index (χ2n) is 7.63. The van der Waals surface area contributed by atoms with Gasteiger partial charge in [0.1, 0.15) is 11.6 Å². The Morgan fingerprint density at radius 3 is 2.29 bits per heavy atom. The third-order valence-electron chi connectivity index (χ3n) is 5.74. The largest absolute Gasteiger partial charge is 0.366 e. The van der Waals surface area contributed by atoms with Crippen LogP contribution in [0.15, 0.2) is 52.2 Å². The third kappa shape index (κ3) is 3.83. The number of aromatic nitrogens is 2. The minimum Gasteiger partial charge on any atom is -0.366 e. The Hall–Kier alpha value is -3.14. The van der Waals surface area contributed by atoms with Crippen molar-refractivity contribution in [1.29, 1.82) is 0 Å². The number of carbonyl (C=O) groups excluding carboxylic acids is 1. The number of imidazole rings is 1. The fraction of sp³-hybridized carbons (Fsp3) is 0.333. The number of amides is 1. The predicted molar refractivity (Wildman–Crippen MR) is 115 cm³/mol. The highest BCUT2D eigenvalue weighted by Gasteiger charge is 2.27. The molecule has 31 heavy (non-hydrogen) atoms. The molecule has 2 heterocycles. The maximum atomic E-state index is 14.0. The van der Waals surface area contributed by atoms with E-state index in [1.54, 1.807) is 38.4 Å². The molecule has 1 fully saturated rings. The Bertz CT molecular complexity index is 1320. The number of carbonyl (C=O) groups is 1. The van der Waals surface area contributed by atoms with Gasteiger partial charge in [0.2, 0.25) is 5.91 Å². The number of anilines is 1. The maximum absolute atomic E-state index is 14.0. The van der Waals surface area contributed by atoms with Crippen molar-refractivity contribution in [1.82, 2.24) is 14.0 Å². The molecule has 1 aliphatic rings. The average molecular weight is 447 g/mol. The van der Waals surface area contributed by atoms with Crippen LogP contribution in [0, 0.1) is 5.82 Å². The van der Waals surface area contributed by atoms with E-state index in [0.29, 0.717) is 42.9 Å². The maximum Gasteiger partial charge on any atom is 0.328 e. The molecule has 0 atom stereocenters. The van der Waals surface area contributed by atoms with E-state index >= 15 is 0 Å². The van der Waals surface area contributed by atoms with Crippen molar-refractivity contribution in [3.05, 3.63) is 58.8 Å². The van der Waals surface area contributed by atoms with Crippen LogP contribution in [0.2, 0.25) is 0 Å². The van der Waals surface area contributed by atoms with E-state index < -0.39 is 21.5 Å². The highest BCUT2D eigenvalue weighted by Crippen LogP contribution is 2.22. The molecule has 0 radical (unpaired) electrons. The van der Waals surface area contributed by atoms with Crippen LogP contribution in [0.3, 0.4) is 0 Å². The Morgan fingerprint density at radius 1 is 0.968 bits per heavy atom. The summed E-state index contributed by atoms with van der Waals surface area (Å²) in [6, 6.07) is 10.9. The number of nitrogens with zero attached hydrogens (tertiary/aromatic N) is 4. The summed E-state index contributed by atoms with van der Waals surface area (Å²) >= 11 is 0. The number of sulfone groups is 1. The summed E-state index contributed by atoms with van der Waals surface area (Å²) in [5, 5.41) is 0. The molecule has 1 amide bonds. The van der Waals surface area contributed by atoms with Crippen molar-refractivity contribution in [2.75, 3.05) is 36.8 Å². The number of fused-ring (bicyclic) bond motifs is 1. The smallest absolute Gasteiger partial charge is 0.328 e. The van der Waals surface area contributed by atoms with E-state index in [4.69, 9.17) is 0 Å². The standard InChI is InChI=1S/C21H23FN4O4S/c1-23-18-8-7-15(13-19(18)24(2)21(23)28)31(29,30)14-20(27)26-11-9-25(10-12-26)17-6-4-3-5-16(17)22/h3-8,13H,9-12,14H2,1-2H3. The van der Waals surface area contributed by atoms with Gasteiger partial charge in [-0.25, -0.2) is 17.6 Å². The molecule has 3 aromatic rings. The number of aryl methyl sites for hydroxylation is 2. The SMILES string of the molecule is Cn1c(=O)n(C)c2cc(S(=O)(=O)CC(=O)N3CCN(c4ccccc4F)CC3)ccc21. The van der Waals surface area contributed by atoms with E-state index in [9.17, 15) is 22.4 Å². The summed E-state index contributed by atoms with van der Waals surface area (Å²) in [7, 11) is -0.697. The van der Waals surface area contributed by atoms with E-state index in [1.165, 1.54) is 32.2 Å². The molecule has 0 saturated carbocycles. The van der Waals surface area contributed by atoms with Crippen molar-refractivity contribution < 1.29 is 17.6 Å². The summed E-state index contributed by atoms with van der Waals surface area (Å²) in [5.41, 5.74) is 1.32. The molecule has 164 valence electrons. The van der Waals surface area contributed by atoms with Gasteiger partial charge in [0.05, 0.1) is 21.6 Å².